The van der Waals surface area contributed by atoms with Crippen LogP contribution in [0.4, 0.5) is 0 Å². The molecule has 0 saturated carbocycles. The molecule has 3 aromatic rings. The summed E-state index contributed by atoms with van der Waals surface area (Å²) < 4.78 is 6.99. The van der Waals surface area contributed by atoms with Crippen LogP contribution in [0.3, 0.4) is 0 Å². The molecular formula is C16H19N5O2S. The molecule has 0 fully saturated rings. The van der Waals surface area contributed by atoms with Gasteiger partial charge >= 0.3 is 0 Å². The number of carbonyl (C=O) groups is 1. The molecule has 0 saturated heterocycles. The zero-order valence-electron chi connectivity index (χ0n) is 13.8. The van der Waals surface area contributed by atoms with Crippen LogP contribution in [0.1, 0.15) is 40.1 Å². The maximum absolute atomic E-state index is 12.7. The third-order valence-electron chi connectivity index (χ3n) is 3.83. The molecule has 0 aliphatic carbocycles. The fourth-order valence-corrected chi connectivity index (χ4v) is 3.11. The number of thioether (sulfide) groups is 1. The molecule has 3 rings (SSSR count). The summed E-state index contributed by atoms with van der Waals surface area (Å²) in [7, 11) is 0. The summed E-state index contributed by atoms with van der Waals surface area (Å²) in [6.45, 7) is 3.49. The lowest BCUT2D eigenvalue weighted by molar-refractivity contribution is 0.0931. The van der Waals surface area contributed by atoms with Crippen molar-refractivity contribution >= 4 is 23.3 Å². The van der Waals surface area contributed by atoms with E-state index in [1.807, 2.05) is 35.1 Å². The van der Waals surface area contributed by atoms with Gasteiger partial charge in [0.2, 0.25) is 0 Å². The van der Waals surface area contributed by atoms with E-state index in [-0.39, 0.29) is 11.9 Å². The second kappa shape index (κ2) is 7.04. The molecule has 0 aliphatic rings. The fraction of sp³-hybridized carbons (Fsp3) is 0.375. The van der Waals surface area contributed by atoms with E-state index in [2.05, 4.69) is 20.7 Å². The van der Waals surface area contributed by atoms with Gasteiger partial charge in [0.25, 0.3) is 5.91 Å². The summed E-state index contributed by atoms with van der Waals surface area (Å²) in [5.74, 6) is 1.93. The Balaban J connectivity index is 1.91. The molecule has 0 aromatic carbocycles. The van der Waals surface area contributed by atoms with Crippen molar-refractivity contribution in [2.24, 2.45) is 0 Å². The van der Waals surface area contributed by atoms with Crippen molar-refractivity contribution in [3.05, 3.63) is 47.2 Å². The summed E-state index contributed by atoms with van der Waals surface area (Å²) in [6.07, 6.45) is 4.69. The molecule has 3 heterocycles. The van der Waals surface area contributed by atoms with E-state index >= 15 is 0 Å². The largest absolute Gasteiger partial charge is 0.361 e. The van der Waals surface area contributed by atoms with Gasteiger partial charge in [-0.2, -0.15) is 11.8 Å². The van der Waals surface area contributed by atoms with Gasteiger partial charge in [-0.05, 0) is 44.4 Å². The minimum absolute atomic E-state index is 0.204. The molecule has 1 amide bonds. The molecule has 1 N–H and O–H groups in total. The first-order valence-corrected chi connectivity index (χ1v) is 9.03. The molecule has 126 valence electrons. The van der Waals surface area contributed by atoms with Crippen molar-refractivity contribution in [3.63, 3.8) is 0 Å². The van der Waals surface area contributed by atoms with Crippen molar-refractivity contribution in [3.8, 4) is 0 Å². The van der Waals surface area contributed by atoms with Gasteiger partial charge in [0, 0.05) is 6.20 Å². The van der Waals surface area contributed by atoms with Crippen LogP contribution in [0.25, 0.3) is 5.65 Å². The number of rotatable bonds is 6. The Morgan fingerprint density at radius 2 is 2.21 bits per heavy atom. The lowest BCUT2D eigenvalue weighted by Crippen LogP contribution is -2.31. The average molecular weight is 345 g/mol. The van der Waals surface area contributed by atoms with Gasteiger partial charge in [-0.3, -0.25) is 9.20 Å². The summed E-state index contributed by atoms with van der Waals surface area (Å²) in [5.41, 5.74) is 1.82. The van der Waals surface area contributed by atoms with Crippen LogP contribution in [-0.4, -0.2) is 37.7 Å². The van der Waals surface area contributed by atoms with Gasteiger partial charge in [-0.1, -0.05) is 11.2 Å². The van der Waals surface area contributed by atoms with E-state index < -0.39 is 0 Å². The number of pyridine rings is 1. The predicted octanol–water partition coefficient (Wildman–Crippen LogP) is 2.56. The summed E-state index contributed by atoms with van der Waals surface area (Å²) in [5, 5.41) is 15.4. The van der Waals surface area contributed by atoms with Gasteiger partial charge in [-0.15, -0.1) is 10.2 Å². The molecule has 0 bridgehead atoms. The van der Waals surface area contributed by atoms with Crippen molar-refractivity contribution in [1.29, 1.82) is 0 Å². The highest BCUT2D eigenvalue weighted by Crippen LogP contribution is 2.20. The number of amides is 1. The van der Waals surface area contributed by atoms with Crippen molar-refractivity contribution in [2.75, 3.05) is 12.0 Å². The van der Waals surface area contributed by atoms with E-state index in [1.165, 1.54) is 0 Å². The van der Waals surface area contributed by atoms with Crippen LogP contribution in [-0.2, 0) is 0 Å². The highest BCUT2D eigenvalue weighted by atomic mass is 32.2. The maximum Gasteiger partial charge on any atom is 0.257 e. The monoisotopic (exact) mass is 345 g/mol. The molecule has 24 heavy (non-hydrogen) atoms. The van der Waals surface area contributed by atoms with E-state index in [1.54, 1.807) is 25.6 Å². The van der Waals surface area contributed by atoms with E-state index in [4.69, 9.17) is 4.52 Å². The lowest BCUT2D eigenvalue weighted by atomic mass is 10.1. The number of aromatic nitrogens is 4. The summed E-state index contributed by atoms with van der Waals surface area (Å²) >= 11 is 1.72. The zero-order chi connectivity index (χ0) is 17.1. The van der Waals surface area contributed by atoms with Crippen molar-refractivity contribution in [2.45, 2.75) is 26.3 Å². The van der Waals surface area contributed by atoms with Crippen LogP contribution in [0.2, 0.25) is 0 Å². The van der Waals surface area contributed by atoms with Crippen LogP contribution in [0.15, 0.2) is 28.9 Å². The van der Waals surface area contributed by atoms with Gasteiger partial charge in [-0.25, -0.2) is 0 Å². The van der Waals surface area contributed by atoms with Crippen LogP contribution >= 0.6 is 11.8 Å². The molecule has 0 radical (unpaired) electrons. The van der Waals surface area contributed by atoms with Crippen molar-refractivity contribution < 1.29 is 9.32 Å². The molecule has 3 aromatic heterocycles. The summed E-state index contributed by atoms with van der Waals surface area (Å²) in [4.78, 5) is 12.7. The number of aryl methyl sites for hydroxylation is 2. The second-order valence-electron chi connectivity index (χ2n) is 5.49. The second-order valence-corrected chi connectivity index (χ2v) is 6.48. The Morgan fingerprint density at radius 1 is 1.38 bits per heavy atom. The number of nitrogens with one attached hydrogen (secondary N) is 1. The first-order chi connectivity index (χ1) is 11.6. The van der Waals surface area contributed by atoms with Gasteiger partial charge in [0.1, 0.15) is 11.3 Å². The van der Waals surface area contributed by atoms with Gasteiger partial charge < -0.3 is 9.84 Å². The average Bonchev–Trinajstić information content (AvgIpc) is 3.15. The fourth-order valence-electron chi connectivity index (χ4n) is 2.64. The normalized spacial score (nSPS) is 12.5. The minimum Gasteiger partial charge on any atom is -0.361 e. The smallest absolute Gasteiger partial charge is 0.257 e. The van der Waals surface area contributed by atoms with Gasteiger partial charge in [0.05, 0.1) is 11.7 Å². The predicted molar refractivity (Wildman–Crippen MR) is 92.2 cm³/mol. The van der Waals surface area contributed by atoms with E-state index in [0.717, 1.165) is 23.6 Å². The standard InChI is InChI=1S/C16H19N5O2S/c1-10-14(11(2)23-20-10)16(22)17-12(7-9-24-3)15-19-18-13-6-4-5-8-21(13)15/h4-6,8,12H,7,9H2,1-3H3,(H,17,22)/t12-/m0/s1. The zero-order valence-corrected chi connectivity index (χ0v) is 14.6. The Morgan fingerprint density at radius 3 is 2.92 bits per heavy atom. The Labute approximate surface area is 143 Å². The molecular weight excluding hydrogens is 326 g/mol. The molecule has 7 nitrogen and oxygen atoms in total. The Hall–Kier alpha value is -2.35. The quantitative estimate of drug-likeness (QED) is 0.739. The third-order valence-corrected chi connectivity index (χ3v) is 4.47. The molecule has 8 heteroatoms. The first kappa shape index (κ1) is 16.5. The molecule has 1 atom stereocenters. The van der Waals surface area contributed by atoms with E-state index in [9.17, 15) is 4.79 Å². The first-order valence-electron chi connectivity index (χ1n) is 7.64. The SMILES string of the molecule is CSCC[C@H](NC(=O)c1c(C)noc1C)c1nnc2ccccn12. The van der Waals surface area contributed by atoms with Crippen LogP contribution in [0, 0.1) is 13.8 Å². The van der Waals surface area contributed by atoms with Crippen LogP contribution < -0.4 is 5.32 Å². The summed E-state index contributed by atoms with van der Waals surface area (Å²) in [6, 6.07) is 5.48. The molecule has 0 spiro atoms. The number of carbonyl (C=O) groups excluding carboxylic acids is 1. The molecule has 0 aliphatic heterocycles. The number of fused-ring (bicyclic) bond motifs is 1. The Bertz CT molecular complexity index is 838. The Kier molecular flexibility index (Phi) is 4.84. The number of hydrogen-bond donors (Lipinski definition) is 1. The maximum atomic E-state index is 12.7. The number of nitrogens with zero attached hydrogens (tertiary/aromatic N) is 4. The minimum atomic E-state index is -0.240. The van der Waals surface area contributed by atoms with Crippen molar-refractivity contribution in [1.82, 2.24) is 25.1 Å². The third kappa shape index (κ3) is 3.14. The molecule has 0 unspecified atom stereocenters. The van der Waals surface area contributed by atoms with E-state index in [0.29, 0.717) is 17.0 Å². The lowest BCUT2D eigenvalue weighted by Gasteiger charge is -2.17. The highest BCUT2D eigenvalue weighted by molar-refractivity contribution is 7.98. The van der Waals surface area contributed by atoms with Crippen LogP contribution in [0.5, 0.6) is 0 Å². The van der Waals surface area contributed by atoms with Gasteiger partial charge in [0.15, 0.2) is 11.5 Å². The topological polar surface area (TPSA) is 85.3 Å². The highest BCUT2D eigenvalue weighted by Gasteiger charge is 2.24. The number of hydrogen-bond acceptors (Lipinski definition) is 6.